The lowest BCUT2D eigenvalue weighted by molar-refractivity contribution is 0.242. The Morgan fingerprint density at radius 2 is 1.90 bits per heavy atom. The van der Waals surface area contributed by atoms with Crippen molar-refractivity contribution < 1.29 is 13.2 Å². The van der Waals surface area contributed by atoms with Gasteiger partial charge in [-0.15, -0.1) is 0 Å². The highest BCUT2D eigenvalue weighted by Gasteiger charge is 2.43. The molecule has 1 heterocycles. The average Bonchev–Trinajstić information content (AvgIpc) is 3.13. The summed E-state index contributed by atoms with van der Waals surface area (Å²) in [4.78, 5) is 0. The van der Waals surface area contributed by atoms with Crippen molar-refractivity contribution >= 4 is 10.0 Å². The highest BCUT2D eigenvalue weighted by Crippen LogP contribution is 2.43. The summed E-state index contributed by atoms with van der Waals surface area (Å²) in [5, 5.41) is 0. The molecule has 2 aliphatic rings. The van der Waals surface area contributed by atoms with Crippen LogP contribution in [0.15, 0.2) is 66.2 Å². The number of hydrogen-bond donors (Lipinski definition) is 0. The van der Waals surface area contributed by atoms with E-state index in [1.54, 1.807) is 4.31 Å². The average molecular weight is 412 g/mol. The van der Waals surface area contributed by atoms with Crippen molar-refractivity contribution in [1.82, 2.24) is 4.31 Å². The normalized spacial score (nSPS) is 22.4. The van der Waals surface area contributed by atoms with E-state index in [9.17, 15) is 8.42 Å². The van der Waals surface area contributed by atoms with Gasteiger partial charge in [0.1, 0.15) is 5.75 Å². The molecule has 0 saturated carbocycles. The molecule has 0 amide bonds. The lowest BCUT2D eigenvalue weighted by Crippen LogP contribution is -2.41. The Hall–Kier alpha value is -2.11. The zero-order valence-corrected chi connectivity index (χ0v) is 17.9. The second kappa shape index (κ2) is 8.33. The fourth-order valence-electron chi connectivity index (χ4n) is 4.62. The molecule has 0 aromatic heterocycles. The summed E-state index contributed by atoms with van der Waals surface area (Å²) in [6, 6.07) is 17.6. The van der Waals surface area contributed by atoms with Gasteiger partial charge in [-0.2, -0.15) is 4.31 Å². The van der Waals surface area contributed by atoms with Crippen molar-refractivity contribution in [2.45, 2.75) is 56.9 Å². The fraction of sp³-hybridized carbons (Fsp3) is 0.417. The van der Waals surface area contributed by atoms with Gasteiger partial charge >= 0.3 is 0 Å². The van der Waals surface area contributed by atoms with Crippen LogP contribution in [0.25, 0.3) is 0 Å². The molecule has 29 heavy (non-hydrogen) atoms. The van der Waals surface area contributed by atoms with Crippen LogP contribution in [0.2, 0.25) is 0 Å². The van der Waals surface area contributed by atoms with Gasteiger partial charge in [-0.25, -0.2) is 8.42 Å². The lowest BCUT2D eigenvalue weighted by atomic mass is 9.80. The number of fused-ring (bicyclic) bond motifs is 1. The SMILES string of the molecule is CC(C)Oc1cccc([C@@H]2CCC=C3CCN(S(=O)(=O)Cc4ccccc4)[C@H]32)c1. The Kier molecular flexibility index (Phi) is 5.79. The Morgan fingerprint density at radius 1 is 1.10 bits per heavy atom. The molecule has 154 valence electrons. The first-order valence-corrected chi connectivity index (χ1v) is 12.0. The van der Waals surface area contributed by atoms with Crippen LogP contribution >= 0.6 is 0 Å². The third-order valence-electron chi connectivity index (χ3n) is 5.78. The van der Waals surface area contributed by atoms with Crippen LogP contribution in [0.4, 0.5) is 0 Å². The summed E-state index contributed by atoms with van der Waals surface area (Å²) in [6.07, 6.45) is 5.15. The molecule has 0 radical (unpaired) electrons. The van der Waals surface area contributed by atoms with E-state index in [1.807, 2.05) is 56.3 Å². The van der Waals surface area contributed by atoms with Gasteiger partial charge in [0.2, 0.25) is 10.0 Å². The molecule has 4 nitrogen and oxygen atoms in total. The molecule has 0 bridgehead atoms. The number of rotatable bonds is 6. The Morgan fingerprint density at radius 3 is 2.66 bits per heavy atom. The van der Waals surface area contributed by atoms with Gasteiger partial charge in [0.15, 0.2) is 0 Å². The second-order valence-corrected chi connectivity index (χ2v) is 10.2. The van der Waals surface area contributed by atoms with Gasteiger partial charge in [0, 0.05) is 12.5 Å². The maximum absolute atomic E-state index is 13.3. The first kappa shape index (κ1) is 20.2. The van der Waals surface area contributed by atoms with E-state index in [4.69, 9.17) is 4.74 Å². The number of benzene rings is 2. The third kappa shape index (κ3) is 4.41. The summed E-state index contributed by atoms with van der Waals surface area (Å²) in [5.74, 6) is 1.07. The quantitative estimate of drug-likeness (QED) is 0.637. The first-order chi connectivity index (χ1) is 13.9. The molecule has 1 saturated heterocycles. The van der Waals surface area contributed by atoms with Crippen LogP contribution in [0.3, 0.4) is 0 Å². The van der Waals surface area contributed by atoms with Crippen LogP contribution in [0.1, 0.15) is 50.2 Å². The van der Waals surface area contributed by atoms with Crippen LogP contribution in [0, 0.1) is 0 Å². The molecule has 2 aromatic rings. The van der Waals surface area contributed by atoms with Crippen LogP contribution < -0.4 is 4.74 Å². The molecule has 2 atom stereocenters. The van der Waals surface area contributed by atoms with Gasteiger partial charge < -0.3 is 4.74 Å². The van der Waals surface area contributed by atoms with E-state index < -0.39 is 10.0 Å². The highest BCUT2D eigenvalue weighted by atomic mass is 32.2. The van der Waals surface area contributed by atoms with Crippen LogP contribution in [-0.4, -0.2) is 31.4 Å². The summed E-state index contributed by atoms with van der Waals surface area (Å²) >= 11 is 0. The van der Waals surface area contributed by atoms with Crippen LogP contribution in [-0.2, 0) is 15.8 Å². The lowest BCUT2D eigenvalue weighted by Gasteiger charge is -2.34. The van der Waals surface area contributed by atoms with E-state index in [-0.39, 0.29) is 23.8 Å². The maximum atomic E-state index is 13.3. The molecular formula is C24H29NO3S. The standard InChI is InChI=1S/C24H29NO3S/c1-18(2)28-22-12-6-11-21(16-22)23-13-7-10-20-14-15-25(24(20)23)29(26,27)17-19-8-4-3-5-9-19/h3-6,8-12,16,18,23-24H,7,13-15,17H2,1-2H3/t23-,24+/m0/s1. The fourth-order valence-corrected chi connectivity index (χ4v) is 6.40. The van der Waals surface area contributed by atoms with E-state index >= 15 is 0 Å². The highest BCUT2D eigenvalue weighted by molar-refractivity contribution is 7.88. The van der Waals surface area contributed by atoms with Crippen molar-refractivity contribution in [2.75, 3.05) is 6.54 Å². The Labute approximate surface area is 174 Å². The summed E-state index contributed by atoms with van der Waals surface area (Å²) in [7, 11) is -3.39. The smallest absolute Gasteiger partial charge is 0.218 e. The van der Waals surface area contributed by atoms with E-state index in [0.717, 1.165) is 30.6 Å². The minimum Gasteiger partial charge on any atom is -0.491 e. The Bertz CT molecular complexity index is 982. The molecular weight excluding hydrogens is 382 g/mol. The van der Waals surface area contributed by atoms with Gasteiger partial charge in [0.05, 0.1) is 17.9 Å². The molecule has 4 rings (SSSR count). The molecule has 0 N–H and O–H groups in total. The van der Waals surface area contributed by atoms with Crippen molar-refractivity contribution in [2.24, 2.45) is 0 Å². The largest absolute Gasteiger partial charge is 0.491 e. The summed E-state index contributed by atoms with van der Waals surface area (Å²) in [5.41, 5.74) is 3.28. The minimum atomic E-state index is -3.39. The van der Waals surface area contributed by atoms with Gasteiger partial charge in [-0.05, 0) is 56.4 Å². The topological polar surface area (TPSA) is 46.6 Å². The van der Waals surface area contributed by atoms with Crippen molar-refractivity contribution in [1.29, 1.82) is 0 Å². The minimum absolute atomic E-state index is 0.0564. The Balaban J connectivity index is 1.63. The second-order valence-electron chi connectivity index (χ2n) is 8.25. The van der Waals surface area contributed by atoms with Crippen LogP contribution in [0.5, 0.6) is 5.75 Å². The number of allylic oxidation sites excluding steroid dienone is 1. The summed E-state index contributed by atoms with van der Waals surface area (Å²) in [6.45, 7) is 4.61. The van der Waals surface area contributed by atoms with Gasteiger partial charge in [-0.3, -0.25) is 0 Å². The predicted octanol–water partition coefficient (Wildman–Crippen LogP) is 4.88. The molecule has 0 spiro atoms. The zero-order valence-electron chi connectivity index (χ0n) is 17.1. The number of nitrogens with zero attached hydrogens (tertiary/aromatic N) is 1. The van der Waals surface area contributed by atoms with Gasteiger partial charge in [-0.1, -0.05) is 54.1 Å². The summed E-state index contributed by atoms with van der Waals surface area (Å²) < 4.78 is 34.3. The molecule has 1 aliphatic carbocycles. The molecule has 1 fully saturated rings. The molecule has 2 aromatic carbocycles. The van der Waals surface area contributed by atoms with E-state index in [0.29, 0.717) is 6.54 Å². The zero-order chi connectivity index (χ0) is 20.4. The van der Waals surface area contributed by atoms with Crippen molar-refractivity contribution in [3.05, 3.63) is 77.4 Å². The maximum Gasteiger partial charge on any atom is 0.218 e. The third-order valence-corrected chi connectivity index (χ3v) is 7.61. The van der Waals surface area contributed by atoms with Gasteiger partial charge in [0.25, 0.3) is 0 Å². The molecule has 0 unspecified atom stereocenters. The molecule has 5 heteroatoms. The molecule has 1 aliphatic heterocycles. The number of sulfonamides is 1. The monoisotopic (exact) mass is 411 g/mol. The predicted molar refractivity (Wildman–Crippen MR) is 116 cm³/mol. The number of hydrogen-bond acceptors (Lipinski definition) is 3. The first-order valence-electron chi connectivity index (χ1n) is 10.4. The van der Waals surface area contributed by atoms with E-state index in [1.165, 1.54) is 11.1 Å². The van der Waals surface area contributed by atoms with E-state index in [2.05, 4.69) is 18.2 Å². The van der Waals surface area contributed by atoms with Crippen molar-refractivity contribution in [3.8, 4) is 5.75 Å². The van der Waals surface area contributed by atoms with Crippen molar-refractivity contribution in [3.63, 3.8) is 0 Å². The number of ether oxygens (including phenoxy) is 1.